The minimum Gasteiger partial charge on any atom is -0.374 e. The molecule has 29 heavy (non-hydrogen) atoms. The largest absolute Gasteiger partial charge is 0.374 e. The number of benzene rings is 2. The van der Waals surface area contributed by atoms with Crippen LogP contribution in [0.15, 0.2) is 92.6 Å². The van der Waals surface area contributed by atoms with Crippen LogP contribution in [0.5, 0.6) is 0 Å². The van der Waals surface area contributed by atoms with Crippen molar-refractivity contribution in [3.63, 3.8) is 0 Å². The molecule has 1 atom stereocenters. The highest BCUT2D eigenvalue weighted by molar-refractivity contribution is 7.95. The molecule has 150 valence electrons. The summed E-state index contributed by atoms with van der Waals surface area (Å²) in [7, 11) is -7.80. The van der Waals surface area contributed by atoms with Gasteiger partial charge in [-0.25, -0.2) is 16.8 Å². The molecule has 2 aromatic rings. The third kappa shape index (κ3) is 3.48. The van der Waals surface area contributed by atoms with Crippen molar-refractivity contribution < 1.29 is 26.4 Å². The van der Waals surface area contributed by atoms with E-state index in [1.165, 1.54) is 30.3 Å². The number of ketones is 1. The quantitative estimate of drug-likeness (QED) is 0.740. The summed E-state index contributed by atoms with van der Waals surface area (Å²) < 4.78 is 58.3. The standard InChI is InChI=1S/C21H18O6S2/c22-15-11-18-19(12-15)21(29(25,26)17-9-5-2-6-10-17)14-27-13-20(18)28(23,24)16-7-3-1-4-8-16/h1-11,20H,12-14H2. The van der Waals surface area contributed by atoms with Crippen LogP contribution in [0.1, 0.15) is 6.42 Å². The predicted molar refractivity (Wildman–Crippen MR) is 107 cm³/mol. The highest BCUT2D eigenvalue weighted by Gasteiger charge is 2.41. The second-order valence-electron chi connectivity index (χ2n) is 6.82. The molecule has 1 unspecified atom stereocenters. The summed E-state index contributed by atoms with van der Waals surface area (Å²) >= 11 is 0. The average molecular weight is 431 g/mol. The zero-order valence-corrected chi connectivity index (χ0v) is 16.9. The zero-order chi connectivity index (χ0) is 20.6. The van der Waals surface area contributed by atoms with Crippen molar-refractivity contribution >= 4 is 25.5 Å². The van der Waals surface area contributed by atoms with Crippen molar-refractivity contribution in [3.8, 4) is 0 Å². The molecule has 1 aliphatic heterocycles. The fourth-order valence-electron chi connectivity index (χ4n) is 3.58. The van der Waals surface area contributed by atoms with Crippen LogP contribution in [-0.2, 0) is 29.2 Å². The van der Waals surface area contributed by atoms with Crippen LogP contribution >= 0.6 is 0 Å². The Morgan fingerprint density at radius 3 is 2.03 bits per heavy atom. The molecule has 2 aliphatic rings. The van der Waals surface area contributed by atoms with Gasteiger partial charge in [0, 0.05) is 6.42 Å². The number of carbonyl (C=O) groups excluding carboxylic acids is 1. The Morgan fingerprint density at radius 1 is 0.828 bits per heavy atom. The number of carbonyl (C=O) groups is 1. The van der Waals surface area contributed by atoms with E-state index in [-0.39, 0.29) is 51.3 Å². The predicted octanol–water partition coefficient (Wildman–Crippen LogP) is 2.49. The van der Waals surface area contributed by atoms with Gasteiger partial charge in [0.05, 0.1) is 27.9 Å². The molecular weight excluding hydrogens is 412 g/mol. The topological polar surface area (TPSA) is 94.6 Å². The second kappa shape index (κ2) is 7.37. The van der Waals surface area contributed by atoms with Crippen molar-refractivity contribution in [2.24, 2.45) is 0 Å². The van der Waals surface area contributed by atoms with Gasteiger partial charge in [-0.2, -0.15) is 0 Å². The molecule has 0 N–H and O–H groups in total. The van der Waals surface area contributed by atoms with Gasteiger partial charge in [0.25, 0.3) is 0 Å². The molecule has 0 fully saturated rings. The molecule has 4 rings (SSSR count). The SMILES string of the molecule is O=C1C=C2C(=C(S(=O)(=O)c3ccccc3)COCC2S(=O)(=O)c2ccccc2)C1. The van der Waals surface area contributed by atoms with E-state index in [2.05, 4.69) is 0 Å². The highest BCUT2D eigenvalue weighted by atomic mass is 32.2. The van der Waals surface area contributed by atoms with E-state index < -0.39 is 24.9 Å². The van der Waals surface area contributed by atoms with Gasteiger partial charge in [-0.1, -0.05) is 36.4 Å². The van der Waals surface area contributed by atoms with Crippen molar-refractivity contribution in [1.29, 1.82) is 0 Å². The van der Waals surface area contributed by atoms with E-state index in [0.29, 0.717) is 0 Å². The lowest BCUT2D eigenvalue weighted by atomic mass is 10.1. The summed E-state index contributed by atoms with van der Waals surface area (Å²) in [5, 5.41) is -1.14. The van der Waals surface area contributed by atoms with Gasteiger partial charge in [0.15, 0.2) is 15.6 Å². The first kappa shape index (κ1) is 19.8. The number of allylic oxidation sites excluding steroid dienone is 2. The number of rotatable bonds is 4. The molecular formula is C21H18O6S2. The Bertz CT molecular complexity index is 1220. The van der Waals surface area contributed by atoms with Gasteiger partial charge < -0.3 is 4.74 Å². The van der Waals surface area contributed by atoms with Crippen LogP contribution in [0.2, 0.25) is 0 Å². The van der Waals surface area contributed by atoms with Crippen molar-refractivity contribution in [3.05, 3.63) is 82.8 Å². The number of sulfone groups is 2. The van der Waals surface area contributed by atoms with Gasteiger partial charge in [-0.15, -0.1) is 0 Å². The summed E-state index contributed by atoms with van der Waals surface area (Å²) in [6, 6.07) is 15.7. The summed E-state index contributed by atoms with van der Waals surface area (Å²) in [5.41, 5.74) is 0.451. The first-order valence-corrected chi connectivity index (χ1v) is 12.0. The van der Waals surface area contributed by atoms with Gasteiger partial charge in [0.2, 0.25) is 9.84 Å². The Kier molecular flexibility index (Phi) is 5.02. The third-order valence-corrected chi connectivity index (χ3v) is 9.00. The first-order chi connectivity index (χ1) is 13.8. The van der Waals surface area contributed by atoms with Crippen molar-refractivity contribution in [1.82, 2.24) is 0 Å². The van der Waals surface area contributed by atoms with Crippen LogP contribution in [-0.4, -0.2) is 41.1 Å². The molecule has 6 nitrogen and oxygen atoms in total. The smallest absolute Gasteiger partial charge is 0.205 e. The maximum Gasteiger partial charge on any atom is 0.205 e. The zero-order valence-electron chi connectivity index (χ0n) is 15.3. The van der Waals surface area contributed by atoms with Crippen molar-refractivity contribution in [2.45, 2.75) is 21.5 Å². The number of hydrogen-bond donors (Lipinski definition) is 0. The van der Waals surface area contributed by atoms with Crippen LogP contribution in [0, 0.1) is 0 Å². The van der Waals surface area contributed by atoms with Crippen LogP contribution < -0.4 is 0 Å². The van der Waals surface area contributed by atoms with Gasteiger partial charge in [-0.3, -0.25) is 4.79 Å². The number of ether oxygens (including phenoxy) is 1. The molecule has 0 saturated heterocycles. The van der Waals surface area contributed by atoms with Crippen LogP contribution in [0.4, 0.5) is 0 Å². The van der Waals surface area contributed by atoms with E-state index in [1.807, 2.05) is 0 Å². The average Bonchev–Trinajstić information content (AvgIpc) is 2.99. The molecule has 1 heterocycles. The van der Waals surface area contributed by atoms with E-state index in [1.54, 1.807) is 36.4 Å². The summed E-state index contributed by atoms with van der Waals surface area (Å²) in [4.78, 5) is 12.3. The monoisotopic (exact) mass is 430 g/mol. The third-order valence-electron chi connectivity index (χ3n) is 5.03. The highest BCUT2D eigenvalue weighted by Crippen LogP contribution is 2.39. The second-order valence-corrected chi connectivity index (χ2v) is 10.9. The maximum absolute atomic E-state index is 13.2. The Balaban J connectivity index is 1.86. The lowest BCUT2D eigenvalue weighted by Crippen LogP contribution is -2.28. The van der Waals surface area contributed by atoms with Gasteiger partial charge in [0.1, 0.15) is 5.25 Å². The number of hydrogen-bond acceptors (Lipinski definition) is 6. The molecule has 0 radical (unpaired) electrons. The van der Waals surface area contributed by atoms with E-state index in [9.17, 15) is 21.6 Å². The number of fused-ring (bicyclic) bond motifs is 1. The Labute approximate surface area is 169 Å². The molecule has 0 aromatic heterocycles. The van der Waals surface area contributed by atoms with E-state index in [0.717, 1.165) is 0 Å². The Morgan fingerprint density at radius 2 is 1.41 bits per heavy atom. The summed E-state index contributed by atoms with van der Waals surface area (Å²) in [6.07, 6.45) is 1.09. The van der Waals surface area contributed by atoms with Crippen LogP contribution in [0.3, 0.4) is 0 Å². The lowest BCUT2D eigenvalue weighted by Gasteiger charge is -2.18. The van der Waals surface area contributed by atoms with E-state index in [4.69, 9.17) is 4.74 Å². The van der Waals surface area contributed by atoms with Crippen molar-refractivity contribution in [2.75, 3.05) is 13.2 Å². The van der Waals surface area contributed by atoms with Gasteiger partial charge >= 0.3 is 0 Å². The molecule has 2 aromatic carbocycles. The first-order valence-electron chi connectivity index (χ1n) is 8.95. The summed E-state index contributed by atoms with van der Waals surface area (Å²) in [5.74, 6) is -0.314. The minimum absolute atomic E-state index is 0.0495. The summed E-state index contributed by atoms with van der Waals surface area (Å²) in [6.45, 7) is -0.508. The minimum atomic E-state index is -3.93. The maximum atomic E-state index is 13.2. The normalized spacial score (nSPS) is 20.2. The molecule has 0 bridgehead atoms. The molecule has 0 saturated carbocycles. The fraction of sp³-hybridized carbons (Fsp3) is 0.190. The van der Waals surface area contributed by atoms with E-state index >= 15 is 0 Å². The molecule has 8 heteroatoms. The van der Waals surface area contributed by atoms with Gasteiger partial charge in [-0.05, 0) is 41.5 Å². The lowest BCUT2D eigenvalue weighted by molar-refractivity contribution is -0.113. The Hall–Kier alpha value is -2.55. The van der Waals surface area contributed by atoms with Crippen LogP contribution in [0.25, 0.3) is 0 Å². The fourth-order valence-corrected chi connectivity index (χ4v) is 6.82. The molecule has 1 aliphatic carbocycles. The molecule has 0 spiro atoms. The molecule has 0 amide bonds.